The number of rotatable bonds is 4. The van der Waals surface area contributed by atoms with E-state index in [4.69, 9.17) is 5.73 Å². The van der Waals surface area contributed by atoms with E-state index < -0.39 is 0 Å². The van der Waals surface area contributed by atoms with Gasteiger partial charge in [-0.25, -0.2) is 0 Å². The molecule has 0 radical (unpaired) electrons. The van der Waals surface area contributed by atoms with Crippen LogP contribution in [-0.2, 0) is 6.42 Å². The molecule has 0 saturated carbocycles. The second-order valence-electron chi connectivity index (χ2n) is 4.32. The Morgan fingerprint density at radius 1 is 1.20 bits per heavy atom. The number of nitrogens with two attached hydrogens (primary N) is 1. The van der Waals surface area contributed by atoms with Gasteiger partial charge in [0.1, 0.15) is 0 Å². The molecule has 1 aromatic heterocycles. The highest BCUT2D eigenvalue weighted by Gasteiger charge is 1.95. The third-order valence-corrected chi connectivity index (χ3v) is 2.70. The maximum Gasteiger partial charge on any atom is 0.193 e. The Morgan fingerprint density at radius 3 is 2.60 bits per heavy atom. The highest BCUT2D eigenvalue weighted by atomic mass is 127. The molecule has 0 spiro atoms. The summed E-state index contributed by atoms with van der Waals surface area (Å²) in [5, 5.41) is 3.05. The predicted molar refractivity (Wildman–Crippen MR) is 94.6 cm³/mol. The van der Waals surface area contributed by atoms with Crippen molar-refractivity contribution in [2.75, 3.05) is 11.9 Å². The number of nitrogens with zero attached hydrogens (tertiary/aromatic N) is 2. The molecule has 0 amide bonds. The number of anilines is 1. The van der Waals surface area contributed by atoms with Gasteiger partial charge in [-0.1, -0.05) is 24.3 Å². The minimum atomic E-state index is 0. The molecule has 0 aliphatic carbocycles. The number of guanidine groups is 1. The molecule has 0 bridgehead atoms. The highest BCUT2D eigenvalue weighted by Crippen LogP contribution is 2.04. The largest absolute Gasteiger partial charge is 0.370 e. The first-order valence-electron chi connectivity index (χ1n) is 6.27. The van der Waals surface area contributed by atoms with E-state index in [1.54, 1.807) is 0 Å². The second kappa shape index (κ2) is 8.52. The van der Waals surface area contributed by atoms with Gasteiger partial charge in [-0.15, -0.1) is 24.0 Å². The van der Waals surface area contributed by atoms with E-state index in [0.717, 1.165) is 17.8 Å². The molecule has 0 atom stereocenters. The van der Waals surface area contributed by atoms with Crippen molar-refractivity contribution >= 4 is 35.6 Å². The Balaban J connectivity index is 0.00000200. The Morgan fingerprint density at radius 2 is 1.95 bits per heavy atom. The summed E-state index contributed by atoms with van der Waals surface area (Å²) in [6.07, 6.45) is 2.72. The lowest BCUT2D eigenvalue weighted by Gasteiger charge is -2.05. The predicted octanol–water partition coefficient (Wildman–Crippen LogP) is 2.98. The zero-order chi connectivity index (χ0) is 13.5. The number of aliphatic imine (C=N–C) groups is 1. The topological polar surface area (TPSA) is 63.3 Å². The summed E-state index contributed by atoms with van der Waals surface area (Å²) in [7, 11) is 0. The van der Waals surface area contributed by atoms with Gasteiger partial charge in [0.2, 0.25) is 0 Å². The van der Waals surface area contributed by atoms with Crippen molar-refractivity contribution in [1.82, 2.24) is 4.98 Å². The molecular formula is C15H19IN4. The van der Waals surface area contributed by atoms with E-state index in [1.807, 2.05) is 49.5 Å². The van der Waals surface area contributed by atoms with Crippen LogP contribution >= 0.6 is 24.0 Å². The fourth-order valence-electron chi connectivity index (χ4n) is 1.66. The second-order valence-corrected chi connectivity index (χ2v) is 4.32. The Kier molecular flexibility index (Phi) is 7.00. The van der Waals surface area contributed by atoms with Crippen LogP contribution in [-0.4, -0.2) is 17.5 Å². The first kappa shape index (κ1) is 16.4. The minimum absolute atomic E-state index is 0. The number of hydrogen-bond acceptors (Lipinski definition) is 2. The van der Waals surface area contributed by atoms with Crippen LogP contribution in [0.2, 0.25) is 0 Å². The van der Waals surface area contributed by atoms with E-state index in [0.29, 0.717) is 12.5 Å². The number of nitrogens with one attached hydrogen (secondary N) is 1. The van der Waals surface area contributed by atoms with Gasteiger partial charge in [0.25, 0.3) is 0 Å². The molecule has 1 aromatic carbocycles. The van der Waals surface area contributed by atoms with E-state index >= 15 is 0 Å². The van der Waals surface area contributed by atoms with Gasteiger partial charge in [0.15, 0.2) is 5.96 Å². The molecule has 0 aliphatic rings. The maximum absolute atomic E-state index is 5.82. The van der Waals surface area contributed by atoms with E-state index in [-0.39, 0.29) is 24.0 Å². The third-order valence-electron chi connectivity index (χ3n) is 2.70. The fourth-order valence-corrected chi connectivity index (χ4v) is 1.66. The van der Waals surface area contributed by atoms with Crippen LogP contribution < -0.4 is 11.1 Å². The standard InChI is InChI=1S/C15H18N4.HI/c1-12-7-8-13(11-18-12)9-10-17-15(16)19-14-5-3-2-4-6-14;/h2-8,11H,9-10H2,1H3,(H3,16,17,19);1H. The molecule has 3 N–H and O–H groups in total. The van der Waals surface area contributed by atoms with Crippen molar-refractivity contribution in [3.63, 3.8) is 0 Å². The fraction of sp³-hybridized carbons (Fsp3) is 0.200. The Bertz CT molecular complexity index is 538. The van der Waals surface area contributed by atoms with Gasteiger partial charge in [-0.3, -0.25) is 9.98 Å². The normalized spacial score (nSPS) is 10.8. The molecule has 1 heterocycles. The number of benzene rings is 1. The molecule has 106 valence electrons. The molecule has 5 heteroatoms. The first-order chi connectivity index (χ1) is 9.24. The van der Waals surface area contributed by atoms with Crippen molar-refractivity contribution < 1.29 is 0 Å². The molecule has 0 fully saturated rings. The average molecular weight is 382 g/mol. The zero-order valence-electron chi connectivity index (χ0n) is 11.4. The number of aromatic nitrogens is 1. The van der Waals surface area contributed by atoms with Gasteiger partial charge in [-0.05, 0) is 37.1 Å². The SMILES string of the molecule is Cc1ccc(CCN=C(N)Nc2ccccc2)cn1.I. The van der Waals surface area contributed by atoms with E-state index in [1.165, 1.54) is 5.56 Å². The van der Waals surface area contributed by atoms with E-state index in [9.17, 15) is 0 Å². The summed E-state index contributed by atoms with van der Waals surface area (Å²) < 4.78 is 0. The maximum atomic E-state index is 5.82. The lowest BCUT2D eigenvalue weighted by molar-refractivity contribution is 0.950. The summed E-state index contributed by atoms with van der Waals surface area (Å²) in [4.78, 5) is 8.54. The average Bonchev–Trinajstić information content (AvgIpc) is 2.42. The third kappa shape index (κ3) is 5.56. The van der Waals surface area contributed by atoms with Crippen LogP contribution in [0, 0.1) is 6.92 Å². The van der Waals surface area contributed by atoms with Crippen molar-refractivity contribution in [3.8, 4) is 0 Å². The number of aryl methyl sites for hydroxylation is 1. The zero-order valence-corrected chi connectivity index (χ0v) is 13.7. The van der Waals surface area contributed by atoms with Crippen LogP contribution in [0.1, 0.15) is 11.3 Å². The van der Waals surface area contributed by atoms with Crippen molar-refractivity contribution in [2.45, 2.75) is 13.3 Å². The number of hydrogen-bond donors (Lipinski definition) is 2. The van der Waals surface area contributed by atoms with Crippen LogP contribution in [0.4, 0.5) is 5.69 Å². The molecule has 0 unspecified atom stereocenters. The van der Waals surface area contributed by atoms with Gasteiger partial charge in [0.05, 0.1) is 0 Å². The lowest BCUT2D eigenvalue weighted by atomic mass is 10.2. The Labute approximate surface area is 136 Å². The molecule has 20 heavy (non-hydrogen) atoms. The van der Waals surface area contributed by atoms with Crippen LogP contribution in [0.25, 0.3) is 0 Å². The van der Waals surface area contributed by atoms with Crippen molar-refractivity contribution in [1.29, 1.82) is 0 Å². The van der Waals surface area contributed by atoms with Gasteiger partial charge in [0, 0.05) is 24.1 Å². The summed E-state index contributed by atoms with van der Waals surface area (Å²) in [6, 6.07) is 13.8. The van der Waals surface area contributed by atoms with Gasteiger partial charge >= 0.3 is 0 Å². The van der Waals surface area contributed by atoms with Gasteiger partial charge < -0.3 is 11.1 Å². The molecule has 0 saturated heterocycles. The lowest BCUT2D eigenvalue weighted by Crippen LogP contribution is -2.23. The summed E-state index contributed by atoms with van der Waals surface area (Å²) in [5.74, 6) is 0.436. The molecule has 2 rings (SSSR count). The van der Waals surface area contributed by atoms with Crippen molar-refractivity contribution in [2.24, 2.45) is 10.7 Å². The highest BCUT2D eigenvalue weighted by molar-refractivity contribution is 14.0. The molecular weight excluding hydrogens is 363 g/mol. The van der Waals surface area contributed by atoms with Crippen LogP contribution in [0.5, 0.6) is 0 Å². The van der Waals surface area contributed by atoms with Crippen LogP contribution in [0.3, 0.4) is 0 Å². The quantitative estimate of drug-likeness (QED) is 0.486. The van der Waals surface area contributed by atoms with E-state index in [2.05, 4.69) is 21.4 Å². The smallest absolute Gasteiger partial charge is 0.193 e. The summed E-state index contributed by atoms with van der Waals surface area (Å²) >= 11 is 0. The Hall–Kier alpha value is -1.63. The summed E-state index contributed by atoms with van der Waals surface area (Å²) in [5.41, 5.74) is 8.96. The molecule has 0 aliphatic heterocycles. The van der Waals surface area contributed by atoms with Gasteiger partial charge in [-0.2, -0.15) is 0 Å². The monoisotopic (exact) mass is 382 g/mol. The van der Waals surface area contributed by atoms with Crippen LogP contribution in [0.15, 0.2) is 53.7 Å². The minimum Gasteiger partial charge on any atom is -0.370 e. The van der Waals surface area contributed by atoms with Crippen molar-refractivity contribution in [3.05, 3.63) is 59.9 Å². The first-order valence-corrected chi connectivity index (χ1v) is 6.27. The molecule has 2 aromatic rings. The number of halogens is 1. The molecule has 4 nitrogen and oxygen atoms in total. The number of pyridine rings is 1. The number of para-hydroxylation sites is 1. The summed E-state index contributed by atoms with van der Waals surface area (Å²) in [6.45, 7) is 2.63.